The SMILES string of the molecule is CCCC[c-]1c2ccccc2c2ccccc21.CCCC[c-]1c2ccccc2c2ccccc21.[Hf]. The van der Waals surface area contributed by atoms with Gasteiger partial charge in [-0.25, -0.2) is 0 Å². The summed E-state index contributed by atoms with van der Waals surface area (Å²) in [4.78, 5) is 0. The van der Waals surface area contributed by atoms with Crippen LogP contribution in [0.5, 0.6) is 0 Å². The third kappa shape index (κ3) is 5.07. The van der Waals surface area contributed by atoms with Gasteiger partial charge in [-0.05, 0) is 0 Å². The molecule has 0 saturated heterocycles. The monoisotopic (exact) mass is 622 g/mol. The van der Waals surface area contributed by atoms with Crippen molar-refractivity contribution in [1.29, 1.82) is 0 Å². The van der Waals surface area contributed by atoms with Crippen molar-refractivity contribution in [2.24, 2.45) is 0 Å². The fraction of sp³-hybridized carbons (Fsp3) is 0.235. The maximum Gasteiger partial charge on any atom is 0 e. The summed E-state index contributed by atoms with van der Waals surface area (Å²) in [6, 6.07) is 35.2. The van der Waals surface area contributed by atoms with Crippen molar-refractivity contribution >= 4 is 43.1 Å². The van der Waals surface area contributed by atoms with E-state index in [9.17, 15) is 0 Å². The first-order chi connectivity index (χ1) is 16.8. The topological polar surface area (TPSA) is 0 Å². The molecule has 0 aliphatic heterocycles. The van der Waals surface area contributed by atoms with Gasteiger partial charge in [0.05, 0.1) is 0 Å². The van der Waals surface area contributed by atoms with Gasteiger partial charge in [0.15, 0.2) is 0 Å². The van der Waals surface area contributed by atoms with Crippen LogP contribution in [-0.4, -0.2) is 0 Å². The molecule has 35 heavy (non-hydrogen) atoms. The second-order valence-electron chi connectivity index (χ2n) is 9.35. The molecule has 0 amide bonds. The number of hydrogen-bond donors (Lipinski definition) is 0. The zero-order valence-corrected chi connectivity index (χ0v) is 24.6. The van der Waals surface area contributed by atoms with Gasteiger partial charge in [0.1, 0.15) is 0 Å². The van der Waals surface area contributed by atoms with Gasteiger partial charge in [0, 0.05) is 25.8 Å². The number of fused-ring (bicyclic) bond motifs is 6. The molecule has 1 heteroatoms. The van der Waals surface area contributed by atoms with E-state index >= 15 is 0 Å². The van der Waals surface area contributed by atoms with E-state index in [-0.39, 0.29) is 25.8 Å². The quantitative estimate of drug-likeness (QED) is 0.128. The molecule has 0 aliphatic rings. The maximum absolute atomic E-state index is 2.26. The Bertz CT molecular complexity index is 1300. The van der Waals surface area contributed by atoms with Gasteiger partial charge in [-0.1, -0.05) is 125 Å². The molecule has 0 spiro atoms. The number of benzene rings is 4. The summed E-state index contributed by atoms with van der Waals surface area (Å²) in [7, 11) is 0. The van der Waals surface area contributed by atoms with Gasteiger partial charge in [0.2, 0.25) is 0 Å². The van der Waals surface area contributed by atoms with E-state index in [0.29, 0.717) is 0 Å². The van der Waals surface area contributed by atoms with E-state index in [4.69, 9.17) is 0 Å². The first-order valence-electron chi connectivity index (χ1n) is 12.9. The van der Waals surface area contributed by atoms with E-state index < -0.39 is 0 Å². The molecule has 6 aromatic rings. The Morgan fingerprint density at radius 3 is 0.943 bits per heavy atom. The minimum Gasteiger partial charge on any atom is -0.120 e. The summed E-state index contributed by atoms with van der Waals surface area (Å²) in [6.07, 6.45) is 7.47. The van der Waals surface area contributed by atoms with Crippen molar-refractivity contribution < 1.29 is 25.8 Å². The van der Waals surface area contributed by atoms with Crippen molar-refractivity contribution in [2.45, 2.75) is 52.4 Å². The Morgan fingerprint density at radius 2 is 0.686 bits per heavy atom. The minimum atomic E-state index is 0. The summed E-state index contributed by atoms with van der Waals surface area (Å²) >= 11 is 0. The van der Waals surface area contributed by atoms with Crippen LogP contribution in [0.3, 0.4) is 0 Å². The third-order valence-electron chi connectivity index (χ3n) is 7.15. The first kappa shape index (κ1) is 25.6. The van der Waals surface area contributed by atoms with Crippen molar-refractivity contribution in [3.8, 4) is 0 Å². The first-order valence-corrected chi connectivity index (χ1v) is 12.9. The number of rotatable bonds is 6. The van der Waals surface area contributed by atoms with Crippen molar-refractivity contribution in [1.82, 2.24) is 0 Å². The molecule has 176 valence electrons. The van der Waals surface area contributed by atoms with Gasteiger partial charge >= 0.3 is 0 Å². The zero-order chi connectivity index (χ0) is 23.3. The molecule has 0 aromatic heterocycles. The average molecular weight is 621 g/mol. The second-order valence-corrected chi connectivity index (χ2v) is 9.35. The van der Waals surface area contributed by atoms with Crippen LogP contribution >= 0.6 is 0 Å². The van der Waals surface area contributed by atoms with Crippen LogP contribution in [0.4, 0.5) is 0 Å². The van der Waals surface area contributed by atoms with Crippen LogP contribution in [0.25, 0.3) is 43.1 Å². The summed E-state index contributed by atoms with van der Waals surface area (Å²) in [5.74, 6) is 0. The molecule has 0 nitrogen and oxygen atoms in total. The number of hydrogen-bond acceptors (Lipinski definition) is 0. The van der Waals surface area contributed by atoms with Crippen LogP contribution in [-0.2, 0) is 38.7 Å². The Kier molecular flexibility index (Phi) is 8.74. The summed E-state index contributed by atoms with van der Waals surface area (Å²) in [6.45, 7) is 4.51. The molecule has 6 aromatic carbocycles. The number of unbranched alkanes of at least 4 members (excludes halogenated alkanes) is 2. The molecule has 0 saturated carbocycles. The van der Waals surface area contributed by atoms with E-state index in [2.05, 4.69) is 111 Å². The van der Waals surface area contributed by atoms with Crippen LogP contribution < -0.4 is 0 Å². The van der Waals surface area contributed by atoms with E-state index in [1.54, 1.807) is 0 Å². The van der Waals surface area contributed by atoms with E-state index in [0.717, 1.165) is 0 Å². The molecule has 0 N–H and O–H groups in total. The van der Waals surface area contributed by atoms with Crippen LogP contribution in [0.15, 0.2) is 97.1 Å². The molecule has 0 atom stereocenters. The van der Waals surface area contributed by atoms with E-state index in [1.165, 1.54) is 92.7 Å². The Labute approximate surface area is 228 Å². The Morgan fingerprint density at radius 1 is 0.429 bits per heavy atom. The molecule has 0 unspecified atom stereocenters. The van der Waals surface area contributed by atoms with Crippen LogP contribution in [0, 0.1) is 0 Å². The van der Waals surface area contributed by atoms with Gasteiger partial charge in [-0.2, -0.15) is 0 Å². The molecule has 0 bridgehead atoms. The van der Waals surface area contributed by atoms with Gasteiger partial charge in [0.25, 0.3) is 0 Å². The fourth-order valence-corrected chi connectivity index (χ4v) is 5.46. The third-order valence-corrected chi connectivity index (χ3v) is 7.15. The van der Waals surface area contributed by atoms with Crippen molar-refractivity contribution in [3.05, 3.63) is 108 Å². The standard InChI is InChI=1S/2C17H17.Hf/c2*1-2-3-8-13-14-9-4-6-11-16(14)17-12-7-5-10-15(13)17;/h2*4-7,9-12H,2-3,8H2,1H3;/q2*-1;. The maximum atomic E-state index is 2.26. The second kappa shape index (κ2) is 12.0. The molecular weight excluding hydrogens is 587 g/mol. The Balaban J connectivity index is 0.000000160. The predicted octanol–water partition coefficient (Wildman–Crippen LogP) is 10.1. The van der Waals surface area contributed by atoms with Crippen molar-refractivity contribution in [2.75, 3.05) is 0 Å². The fourth-order valence-electron chi connectivity index (χ4n) is 5.46. The van der Waals surface area contributed by atoms with Crippen molar-refractivity contribution in [3.63, 3.8) is 0 Å². The molecular formula is C34H34Hf-2. The van der Waals surface area contributed by atoms with Gasteiger partial charge in [-0.3, -0.25) is 0 Å². The molecule has 0 aliphatic carbocycles. The minimum absolute atomic E-state index is 0. The summed E-state index contributed by atoms with van der Waals surface area (Å²) in [5.41, 5.74) is 3.08. The van der Waals surface area contributed by atoms with Crippen LogP contribution in [0.1, 0.15) is 50.7 Å². The predicted molar refractivity (Wildman–Crippen MR) is 151 cm³/mol. The average Bonchev–Trinajstić information content (AvgIpc) is 3.39. The zero-order valence-electron chi connectivity index (χ0n) is 21.0. The smallest absolute Gasteiger partial charge is 0 e. The van der Waals surface area contributed by atoms with Gasteiger partial charge < -0.3 is 0 Å². The molecule has 0 fully saturated rings. The normalized spacial score (nSPS) is 11.0. The summed E-state index contributed by atoms with van der Waals surface area (Å²) in [5, 5.41) is 11.4. The van der Waals surface area contributed by atoms with E-state index in [1.807, 2.05) is 0 Å². The Hall–Kier alpha value is -2.51. The summed E-state index contributed by atoms with van der Waals surface area (Å²) < 4.78 is 0. The molecule has 0 radical (unpaired) electrons. The van der Waals surface area contributed by atoms with Crippen LogP contribution in [0.2, 0.25) is 0 Å². The molecule has 6 rings (SSSR count). The van der Waals surface area contributed by atoms with Gasteiger partial charge in [-0.15, -0.1) is 78.5 Å². The molecule has 0 heterocycles. The largest absolute Gasteiger partial charge is 0.120 e. The number of aryl methyl sites for hydroxylation is 2.